The predicted octanol–water partition coefficient (Wildman–Crippen LogP) is 2.09. The molecule has 0 bridgehead atoms. The average molecular weight is 455 g/mol. The molecular formula is C24H26N2O5S. The molecule has 2 atom stereocenters. The Balaban J connectivity index is 1.27. The minimum Gasteiger partial charge on any atom is -0.454 e. The van der Waals surface area contributed by atoms with Crippen molar-refractivity contribution in [1.29, 1.82) is 0 Å². The third kappa shape index (κ3) is 4.17. The Kier molecular flexibility index (Phi) is 5.51. The molecule has 3 aliphatic rings. The summed E-state index contributed by atoms with van der Waals surface area (Å²) in [6, 6.07) is 14.9. The molecule has 2 saturated heterocycles. The number of hydrogen-bond donors (Lipinski definition) is 0. The lowest BCUT2D eigenvalue weighted by atomic mass is 9.93. The molecule has 7 nitrogen and oxygen atoms in total. The van der Waals surface area contributed by atoms with Crippen LogP contribution in [0.15, 0.2) is 48.5 Å². The van der Waals surface area contributed by atoms with Crippen LogP contribution in [-0.2, 0) is 21.0 Å². The molecule has 2 aromatic carbocycles. The van der Waals surface area contributed by atoms with Crippen molar-refractivity contribution in [3.63, 3.8) is 0 Å². The van der Waals surface area contributed by atoms with E-state index in [-0.39, 0.29) is 35.5 Å². The fraction of sp³-hybridized carbons (Fsp3) is 0.417. The maximum absolute atomic E-state index is 13.1. The molecular weight excluding hydrogens is 428 g/mol. The van der Waals surface area contributed by atoms with Crippen molar-refractivity contribution in [3.8, 4) is 0 Å². The largest absolute Gasteiger partial charge is 0.454 e. The van der Waals surface area contributed by atoms with E-state index in [9.17, 15) is 18.0 Å². The van der Waals surface area contributed by atoms with E-state index >= 15 is 0 Å². The number of amides is 1. The van der Waals surface area contributed by atoms with Crippen molar-refractivity contribution in [2.75, 3.05) is 37.7 Å². The Morgan fingerprint density at radius 3 is 2.44 bits per heavy atom. The number of rotatable bonds is 3. The minimum absolute atomic E-state index is 0.0540. The zero-order valence-corrected chi connectivity index (χ0v) is 18.6. The van der Waals surface area contributed by atoms with Crippen LogP contribution in [0.1, 0.15) is 44.4 Å². The van der Waals surface area contributed by atoms with Gasteiger partial charge >= 0.3 is 5.97 Å². The van der Waals surface area contributed by atoms with E-state index in [1.807, 2.05) is 41.3 Å². The molecule has 0 radical (unpaired) electrons. The third-order valence-electron chi connectivity index (χ3n) is 6.72. The van der Waals surface area contributed by atoms with Crippen LogP contribution in [-0.4, -0.2) is 73.8 Å². The van der Waals surface area contributed by atoms with Gasteiger partial charge in [0.15, 0.2) is 9.84 Å². The number of carbonyl (C=O) groups excluding carboxylic acids is 2. The monoisotopic (exact) mass is 454 g/mol. The first-order valence-electron chi connectivity index (χ1n) is 11.0. The first-order chi connectivity index (χ1) is 15.4. The molecule has 0 N–H and O–H groups in total. The van der Waals surface area contributed by atoms with Gasteiger partial charge < -0.3 is 9.64 Å². The second kappa shape index (κ2) is 8.33. The summed E-state index contributed by atoms with van der Waals surface area (Å²) in [4.78, 5) is 29.7. The molecule has 0 saturated carbocycles. The Morgan fingerprint density at radius 1 is 1.00 bits per heavy atom. The highest BCUT2D eigenvalue weighted by molar-refractivity contribution is 7.91. The molecule has 1 amide bonds. The minimum atomic E-state index is -2.92. The fourth-order valence-electron chi connectivity index (χ4n) is 4.92. The number of esters is 1. The molecule has 0 aromatic heterocycles. The number of benzene rings is 2. The van der Waals surface area contributed by atoms with E-state index in [1.54, 1.807) is 12.1 Å². The number of hydrogen-bond acceptors (Lipinski definition) is 6. The average Bonchev–Trinajstić information content (AvgIpc) is 3.18. The molecule has 32 heavy (non-hydrogen) atoms. The molecule has 168 valence electrons. The number of nitrogens with zero attached hydrogens (tertiary/aromatic N) is 2. The van der Waals surface area contributed by atoms with E-state index < -0.39 is 9.84 Å². The van der Waals surface area contributed by atoms with Crippen LogP contribution in [0.25, 0.3) is 0 Å². The van der Waals surface area contributed by atoms with Gasteiger partial charge in [-0.25, -0.2) is 13.2 Å². The van der Waals surface area contributed by atoms with E-state index in [0.717, 1.165) is 11.1 Å². The SMILES string of the molecule is O=C1O[C@@H](c2ccccc2)Cc2cc(C(=O)N3CCN([C@H]4CCS(=O)(=O)C4)CC3)ccc21. The highest BCUT2D eigenvalue weighted by Gasteiger charge is 2.35. The van der Waals surface area contributed by atoms with E-state index in [0.29, 0.717) is 50.1 Å². The van der Waals surface area contributed by atoms with E-state index in [4.69, 9.17) is 4.74 Å². The van der Waals surface area contributed by atoms with Gasteiger partial charge in [-0.2, -0.15) is 0 Å². The van der Waals surface area contributed by atoms with Crippen molar-refractivity contribution < 1.29 is 22.7 Å². The molecule has 0 unspecified atom stereocenters. The number of ether oxygens (including phenoxy) is 1. The van der Waals surface area contributed by atoms with Gasteiger partial charge in [0.1, 0.15) is 6.10 Å². The zero-order chi connectivity index (χ0) is 22.3. The summed E-state index contributed by atoms with van der Waals surface area (Å²) in [5.74, 6) is 0.0731. The van der Waals surface area contributed by atoms with Gasteiger partial charge in [-0.1, -0.05) is 30.3 Å². The summed E-state index contributed by atoms with van der Waals surface area (Å²) < 4.78 is 29.2. The van der Waals surface area contributed by atoms with Crippen molar-refractivity contribution >= 4 is 21.7 Å². The molecule has 3 aliphatic heterocycles. The van der Waals surface area contributed by atoms with Crippen LogP contribution >= 0.6 is 0 Å². The van der Waals surface area contributed by atoms with Gasteiger partial charge in [-0.3, -0.25) is 9.69 Å². The molecule has 5 rings (SSSR count). The van der Waals surface area contributed by atoms with Crippen LogP contribution in [0.5, 0.6) is 0 Å². The molecule has 0 aliphatic carbocycles. The second-order valence-corrected chi connectivity index (χ2v) is 11.0. The van der Waals surface area contributed by atoms with Gasteiger partial charge in [0.05, 0.1) is 17.1 Å². The number of fused-ring (bicyclic) bond motifs is 1. The molecule has 2 fully saturated rings. The standard InChI is InChI=1S/C24H26N2O5S/c27-23(26-11-9-25(10-12-26)20-8-13-32(29,30)16-20)18-6-7-21-19(14-18)15-22(31-24(21)28)17-4-2-1-3-5-17/h1-7,14,20,22H,8-13,15-16H2/t20-,22+/m0/s1. The normalized spacial score (nSPS) is 25.2. The quantitative estimate of drug-likeness (QED) is 0.661. The van der Waals surface area contributed by atoms with E-state index in [1.165, 1.54) is 0 Å². The van der Waals surface area contributed by atoms with Crippen LogP contribution in [0, 0.1) is 0 Å². The number of carbonyl (C=O) groups is 2. The van der Waals surface area contributed by atoms with Gasteiger partial charge in [0.2, 0.25) is 0 Å². The van der Waals surface area contributed by atoms with Gasteiger partial charge in [0, 0.05) is 44.2 Å². The van der Waals surface area contributed by atoms with Crippen LogP contribution < -0.4 is 0 Å². The topological polar surface area (TPSA) is 84.0 Å². The fourth-order valence-corrected chi connectivity index (χ4v) is 6.68. The van der Waals surface area contributed by atoms with E-state index in [2.05, 4.69) is 4.90 Å². The summed E-state index contributed by atoms with van der Waals surface area (Å²) in [6.45, 7) is 2.50. The smallest absolute Gasteiger partial charge is 0.339 e. The lowest BCUT2D eigenvalue weighted by molar-refractivity contribution is 0.0252. The zero-order valence-electron chi connectivity index (χ0n) is 17.8. The number of piperazine rings is 1. The van der Waals surface area contributed by atoms with Gasteiger partial charge in [0.25, 0.3) is 5.91 Å². The predicted molar refractivity (Wildman–Crippen MR) is 119 cm³/mol. The van der Waals surface area contributed by atoms with Crippen LogP contribution in [0.2, 0.25) is 0 Å². The third-order valence-corrected chi connectivity index (χ3v) is 8.47. The molecule has 0 spiro atoms. The Bertz CT molecular complexity index is 1140. The van der Waals surface area contributed by atoms with Crippen LogP contribution in [0.3, 0.4) is 0 Å². The summed E-state index contributed by atoms with van der Waals surface area (Å²) in [7, 11) is -2.92. The van der Waals surface area contributed by atoms with Crippen molar-refractivity contribution in [1.82, 2.24) is 9.80 Å². The highest BCUT2D eigenvalue weighted by atomic mass is 32.2. The summed E-state index contributed by atoms with van der Waals surface area (Å²) in [6.07, 6.45) is 0.864. The molecule has 8 heteroatoms. The Morgan fingerprint density at radius 2 is 1.75 bits per heavy atom. The first kappa shape index (κ1) is 21.2. The first-order valence-corrected chi connectivity index (χ1v) is 12.8. The lowest BCUT2D eigenvalue weighted by Crippen LogP contribution is -2.52. The van der Waals surface area contributed by atoms with Gasteiger partial charge in [-0.05, 0) is 35.7 Å². The summed E-state index contributed by atoms with van der Waals surface area (Å²) >= 11 is 0. The Labute approximate surface area is 187 Å². The van der Waals surface area contributed by atoms with Gasteiger partial charge in [-0.15, -0.1) is 0 Å². The Hall–Kier alpha value is -2.71. The maximum atomic E-state index is 13.1. The summed E-state index contributed by atoms with van der Waals surface area (Å²) in [5, 5.41) is 0. The second-order valence-electron chi connectivity index (χ2n) is 8.77. The van der Waals surface area contributed by atoms with Crippen molar-refractivity contribution in [3.05, 3.63) is 70.8 Å². The van der Waals surface area contributed by atoms with Crippen molar-refractivity contribution in [2.45, 2.75) is 25.0 Å². The number of cyclic esters (lactones) is 1. The highest BCUT2D eigenvalue weighted by Crippen LogP contribution is 2.31. The summed E-state index contributed by atoms with van der Waals surface area (Å²) in [5.41, 5.74) is 2.85. The molecule has 3 heterocycles. The maximum Gasteiger partial charge on any atom is 0.339 e. The number of sulfone groups is 1. The molecule has 2 aromatic rings. The lowest BCUT2D eigenvalue weighted by Gasteiger charge is -2.37. The van der Waals surface area contributed by atoms with Crippen LogP contribution in [0.4, 0.5) is 0 Å². The van der Waals surface area contributed by atoms with Crippen molar-refractivity contribution in [2.24, 2.45) is 0 Å².